The highest BCUT2D eigenvalue weighted by molar-refractivity contribution is 6.17. The molecule has 0 fully saturated rings. The van der Waals surface area contributed by atoms with Crippen LogP contribution in [-0.2, 0) is 0 Å². The summed E-state index contributed by atoms with van der Waals surface area (Å²) >= 11 is 5.44. The van der Waals surface area contributed by atoms with E-state index in [1.807, 2.05) is 0 Å². The Bertz CT molecular complexity index is 279. The molecule has 0 saturated heterocycles. The van der Waals surface area contributed by atoms with E-state index >= 15 is 0 Å². The van der Waals surface area contributed by atoms with Crippen molar-refractivity contribution >= 4 is 17.3 Å². The summed E-state index contributed by atoms with van der Waals surface area (Å²) in [7, 11) is 0. The Balaban J connectivity index is 2.68. The lowest BCUT2D eigenvalue weighted by molar-refractivity contribution is 0.0145. The Hall–Kier alpha value is -0.840. The van der Waals surface area contributed by atoms with Crippen molar-refractivity contribution in [3.63, 3.8) is 0 Å². The van der Waals surface area contributed by atoms with Crippen LogP contribution in [0.1, 0.15) is 18.2 Å². The van der Waals surface area contributed by atoms with Crippen LogP contribution in [0.3, 0.4) is 0 Å². The van der Waals surface area contributed by atoms with E-state index in [4.69, 9.17) is 17.3 Å². The van der Waals surface area contributed by atoms with Gasteiger partial charge in [0.15, 0.2) is 0 Å². The molecule has 0 aliphatic carbocycles. The van der Waals surface area contributed by atoms with Crippen LogP contribution in [0, 0.1) is 0 Å². The molecule has 1 rings (SSSR count). The Morgan fingerprint density at radius 1 is 1.43 bits per heavy atom. The Morgan fingerprint density at radius 3 is 2.64 bits per heavy atom. The summed E-state index contributed by atoms with van der Waals surface area (Å²) in [5.41, 5.74) is 6.35. The zero-order valence-electron chi connectivity index (χ0n) is 7.60. The van der Waals surface area contributed by atoms with E-state index in [9.17, 15) is 10.2 Å². The van der Waals surface area contributed by atoms with Gasteiger partial charge in [-0.1, -0.05) is 0 Å². The summed E-state index contributed by atoms with van der Waals surface area (Å²) in [6.45, 7) is 0. The maximum Gasteiger partial charge on any atom is 0.122 e. The molecule has 78 valence electrons. The van der Waals surface area contributed by atoms with Crippen molar-refractivity contribution in [1.82, 2.24) is 4.98 Å². The molecular formula is C9H13ClN2O2. The number of anilines is 1. The van der Waals surface area contributed by atoms with Gasteiger partial charge in [0, 0.05) is 5.88 Å². The third-order valence-electron chi connectivity index (χ3n) is 1.88. The third-order valence-corrected chi connectivity index (χ3v) is 2.10. The van der Waals surface area contributed by atoms with Gasteiger partial charge in [0.05, 0.1) is 23.7 Å². The van der Waals surface area contributed by atoms with Crippen molar-refractivity contribution in [3.8, 4) is 0 Å². The summed E-state index contributed by atoms with van der Waals surface area (Å²) < 4.78 is 0. The van der Waals surface area contributed by atoms with E-state index in [0.29, 0.717) is 23.7 Å². The molecule has 0 bridgehead atoms. The van der Waals surface area contributed by atoms with Crippen LogP contribution in [0.5, 0.6) is 0 Å². The van der Waals surface area contributed by atoms with E-state index in [-0.39, 0.29) is 0 Å². The van der Waals surface area contributed by atoms with E-state index in [2.05, 4.69) is 4.98 Å². The highest BCUT2D eigenvalue weighted by atomic mass is 35.5. The molecule has 0 aromatic carbocycles. The zero-order chi connectivity index (χ0) is 10.6. The average Bonchev–Trinajstić information content (AvgIpc) is 2.18. The van der Waals surface area contributed by atoms with Gasteiger partial charge in [-0.3, -0.25) is 4.98 Å². The van der Waals surface area contributed by atoms with Crippen LogP contribution in [0.15, 0.2) is 18.3 Å². The van der Waals surface area contributed by atoms with Crippen LogP contribution in [-0.4, -0.2) is 27.2 Å². The number of rotatable bonds is 4. The second-order valence-electron chi connectivity index (χ2n) is 3.01. The maximum absolute atomic E-state index is 9.60. The van der Waals surface area contributed by atoms with Crippen molar-refractivity contribution in [2.24, 2.45) is 0 Å². The lowest BCUT2D eigenvalue weighted by Crippen LogP contribution is -2.19. The first-order valence-corrected chi connectivity index (χ1v) is 4.82. The number of hydrogen-bond donors (Lipinski definition) is 3. The molecule has 4 nitrogen and oxygen atoms in total. The molecule has 4 N–H and O–H groups in total. The molecule has 0 saturated carbocycles. The highest BCUT2D eigenvalue weighted by Gasteiger charge is 2.18. The minimum atomic E-state index is -1.01. The number of halogens is 1. The second kappa shape index (κ2) is 5.14. The van der Waals surface area contributed by atoms with Crippen LogP contribution >= 0.6 is 11.6 Å². The monoisotopic (exact) mass is 216 g/mol. The SMILES string of the molecule is Nc1ccc(C(O)C(O)CCCl)nc1. The summed E-state index contributed by atoms with van der Waals surface area (Å²) in [4.78, 5) is 3.90. The molecule has 5 heteroatoms. The van der Waals surface area contributed by atoms with Gasteiger partial charge in [0.2, 0.25) is 0 Å². The molecule has 0 aliphatic heterocycles. The predicted molar refractivity (Wildman–Crippen MR) is 55.0 cm³/mol. The summed E-state index contributed by atoms with van der Waals surface area (Å²) in [5, 5.41) is 19.0. The summed E-state index contributed by atoms with van der Waals surface area (Å²) in [6.07, 6.45) is -0.126. The smallest absolute Gasteiger partial charge is 0.122 e. The lowest BCUT2D eigenvalue weighted by atomic mass is 10.1. The van der Waals surface area contributed by atoms with Crippen LogP contribution in [0.4, 0.5) is 5.69 Å². The van der Waals surface area contributed by atoms with Crippen molar-refractivity contribution in [2.75, 3.05) is 11.6 Å². The van der Waals surface area contributed by atoms with Crippen molar-refractivity contribution in [3.05, 3.63) is 24.0 Å². The Labute approximate surface area is 87.3 Å². The minimum absolute atomic E-state index is 0.299. The summed E-state index contributed by atoms with van der Waals surface area (Å²) in [6, 6.07) is 3.20. The molecule has 1 heterocycles. The molecule has 0 aliphatic rings. The van der Waals surface area contributed by atoms with Gasteiger partial charge in [0.1, 0.15) is 6.10 Å². The molecule has 2 atom stereocenters. The number of aliphatic hydroxyl groups excluding tert-OH is 2. The van der Waals surface area contributed by atoms with Gasteiger partial charge in [-0.2, -0.15) is 0 Å². The Morgan fingerprint density at radius 2 is 2.14 bits per heavy atom. The van der Waals surface area contributed by atoms with Crippen molar-refractivity contribution < 1.29 is 10.2 Å². The number of nitrogens with two attached hydrogens (primary N) is 1. The van der Waals surface area contributed by atoms with Crippen LogP contribution in [0.2, 0.25) is 0 Å². The van der Waals surface area contributed by atoms with Crippen molar-refractivity contribution in [1.29, 1.82) is 0 Å². The van der Waals surface area contributed by atoms with Gasteiger partial charge < -0.3 is 15.9 Å². The summed E-state index contributed by atoms with van der Waals surface area (Å²) in [5.74, 6) is 0.299. The molecular weight excluding hydrogens is 204 g/mol. The predicted octanol–water partition coefficient (Wildman–Crippen LogP) is 0.687. The van der Waals surface area contributed by atoms with E-state index in [1.165, 1.54) is 6.20 Å². The average molecular weight is 217 g/mol. The molecule has 0 amide bonds. The van der Waals surface area contributed by atoms with Gasteiger partial charge in [-0.15, -0.1) is 11.6 Å². The first-order valence-electron chi connectivity index (χ1n) is 4.28. The van der Waals surface area contributed by atoms with Crippen LogP contribution < -0.4 is 5.73 Å². The Kier molecular flexibility index (Phi) is 4.13. The quantitative estimate of drug-likeness (QED) is 0.647. The van der Waals surface area contributed by atoms with E-state index in [0.717, 1.165) is 0 Å². The molecule has 2 unspecified atom stereocenters. The minimum Gasteiger partial charge on any atom is -0.397 e. The fourth-order valence-electron chi connectivity index (χ4n) is 1.06. The number of hydrogen-bond acceptors (Lipinski definition) is 4. The first-order chi connectivity index (χ1) is 6.65. The molecule has 1 aromatic heterocycles. The van der Waals surface area contributed by atoms with Crippen LogP contribution in [0.25, 0.3) is 0 Å². The zero-order valence-corrected chi connectivity index (χ0v) is 8.35. The number of nitrogen functional groups attached to an aromatic ring is 1. The molecule has 1 aromatic rings. The highest BCUT2D eigenvalue weighted by Crippen LogP contribution is 2.17. The first kappa shape index (κ1) is 11.2. The topological polar surface area (TPSA) is 79.4 Å². The maximum atomic E-state index is 9.60. The fourth-order valence-corrected chi connectivity index (χ4v) is 1.28. The van der Waals surface area contributed by atoms with E-state index in [1.54, 1.807) is 12.1 Å². The largest absolute Gasteiger partial charge is 0.397 e. The number of alkyl halides is 1. The number of pyridine rings is 1. The van der Waals surface area contributed by atoms with E-state index < -0.39 is 12.2 Å². The fraction of sp³-hybridized carbons (Fsp3) is 0.444. The van der Waals surface area contributed by atoms with Gasteiger partial charge in [-0.05, 0) is 18.6 Å². The molecule has 14 heavy (non-hydrogen) atoms. The van der Waals surface area contributed by atoms with Gasteiger partial charge in [-0.25, -0.2) is 0 Å². The lowest BCUT2D eigenvalue weighted by Gasteiger charge is -2.15. The van der Waals surface area contributed by atoms with Crippen molar-refractivity contribution in [2.45, 2.75) is 18.6 Å². The second-order valence-corrected chi connectivity index (χ2v) is 3.38. The molecule has 0 radical (unpaired) electrons. The number of aromatic nitrogens is 1. The normalized spacial score (nSPS) is 15.1. The number of nitrogens with zero attached hydrogens (tertiary/aromatic N) is 1. The van der Waals surface area contributed by atoms with Gasteiger partial charge in [0.25, 0.3) is 0 Å². The number of aliphatic hydroxyl groups is 2. The third kappa shape index (κ3) is 2.83. The molecule has 0 spiro atoms. The standard InChI is InChI=1S/C9H13ClN2O2/c10-4-3-8(13)9(14)7-2-1-6(11)5-12-7/h1-2,5,8-9,13-14H,3-4,11H2. The van der Waals surface area contributed by atoms with Gasteiger partial charge >= 0.3 is 0 Å².